The van der Waals surface area contributed by atoms with Crippen LogP contribution in [0.3, 0.4) is 0 Å². The maximum Gasteiger partial charge on any atom is 0.231 e. The summed E-state index contributed by atoms with van der Waals surface area (Å²) < 4.78 is 10.3. The second kappa shape index (κ2) is 3.13. The summed E-state index contributed by atoms with van der Waals surface area (Å²) in [5.41, 5.74) is 0.835. The van der Waals surface area contributed by atoms with E-state index in [2.05, 4.69) is 17.8 Å². The van der Waals surface area contributed by atoms with Crippen molar-refractivity contribution in [2.75, 3.05) is 6.79 Å². The van der Waals surface area contributed by atoms with Gasteiger partial charge in [-0.2, -0.15) is 0 Å². The molecular formula is C11H6O2. The smallest absolute Gasteiger partial charge is 0.231 e. The number of rotatable bonds is 0. The first-order valence-electron chi connectivity index (χ1n) is 3.76. The van der Waals surface area contributed by atoms with E-state index in [0.29, 0.717) is 0 Å². The van der Waals surface area contributed by atoms with Crippen LogP contribution in [0.4, 0.5) is 0 Å². The lowest BCUT2D eigenvalue weighted by atomic mass is 10.2. The summed E-state index contributed by atoms with van der Waals surface area (Å²) in [5.74, 6) is 9.07. The molecule has 0 saturated carbocycles. The van der Waals surface area contributed by atoms with Crippen LogP contribution in [0.1, 0.15) is 5.56 Å². The molecule has 0 fully saturated rings. The Kier molecular flexibility index (Phi) is 1.82. The minimum Gasteiger partial charge on any atom is -0.454 e. The second-order valence-corrected chi connectivity index (χ2v) is 2.46. The highest BCUT2D eigenvalue weighted by Crippen LogP contribution is 2.32. The Morgan fingerprint density at radius 2 is 2.08 bits per heavy atom. The zero-order valence-corrected chi connectivity index (χ0v) is 6.83. The van der Waals surface area contributed by atoms with Crippen molar-refractivity contribution < 1.29 is 9.47 Å². The van der Waals surface area contributed by atoms with E-state index in [1.165, 1.54) is 0 Å². The van der Waals surface area contributed by atoms with Gasteiger partial charge in [0.25, 0.3) is 0 Å². The fraction of sp³-hybridized carbons (Fsp3) is 0.0909. The molecule has 62 valence electrons. The summed E-state index contributed by atoms with van der Waals surface area (Å²) in [7, 11) is 0. The van der Waals surface area contributed by atoms with Gasteiger partial charge in [0, 0.05) is 5.56 Å². The van der Waals surface area contributed by atoms with Crippen molar-refractivity contribution in [1.82, 2.24) is 0 Å². The molecule has 1 aliphatic heterocycles. The van der Waals surface area contributed by atoms with Gasteiger partial charge in [-0.1, -0.05) is 5.92 Å². The zero-order chi connectivity index (χ0) is 9.10. The third-order valence-electron chi connectivity index (χ3n) is 1.65. The molecule has 0 amide bonds. The van der Waals surface area contributed by atoms with E-state index < -0.39 is 0 Å². The lowest BCUT2D eigenvalue weighted by molar-refractivity contribution is 0.174. The lowest BCUT2D eigenvalue weighted by Crippen LogP contribution is -1.92. The molecular weight excluding hydrogens is 164 g/mol. The van der Waals surface area contributed by atoms with Crippen LogP contribution in [0.25, 0.3) is 0 Å². The number of terminal acetylenes is 1. The molecule has 1 aromatic rings. The van der Waals surface area contributed by atoms with Gasteiger partial charge in [0.15, 0.2) is 11.5 Å². The molecule has 0 atom stereocenters. The SMILES string of the molecule is C#CC#Cc1ccc2c(c1)OCO2. The quantitative estimate of drug-likeness (QED) is 0.548. The van der Waals surface area contributed by atoms with Gasteiger partial charge in [0.05, 0.1) is 0 Å². The molecule has 2 rings (SSSR count). The van der Waals surface area contributed by atoms with E-state index in [0.717, 1.165) is 17.1 Å². The van der Waals surface area contributed by atoms with Crippen LogP contribution in [-0.4, -0.2) is 6.79 Å². The van der Waals surface area contributed by atoms with Crippen molar-refractivity contribution >= 4 is 0 Å². The van der Waals surface area contributed by atoms with E-state index in [9.17, 15) is 0 Å². The van der Waals surface area contributed by atoms with Gasteiger partial charge in [-0.3, -0.25) is 0 Å². The molecule has 0 radical (unpaired) electrons. The van der Waals surface area contributed by atoms with Crippen LogP contribution in [0.15, 0.2) is 18.2 Å². The number of hydrogen-bond acceptors (Lipinski definition) is 2. The van der Waals surface area contributed by atoms with E-state index in [4.69, 9.17) is 15.9 Å². The Morgan fingerprint density at radius 1 is 1.23 bits per heavy atom. The summed E-state index contributed by atoms with van der Waals surface area (Å²) in [4.78, 5) is 0. The van der Waals surface area contributed by atoms with Gasteiger partial charge >= 0.3 is 0 Å². The fourth-order valence-corrected chi connectivity index (χ4v) is 1.08. The standard InChI is InChI=1S/C11H6O2/c1-2-3-4-9-5-6-10-11(7-9)13-8-12-10/h1,5-7H,8H2. The van der Waals surface area contributed by atoms with Crippen LogP contribution < -0.4 is 9.47 Å². The predicted octanol–water partition coefficient (Wildman–Crippen LogP) is 1.40. The third kappa shape index (κ3) is 1.43. The molecule has 1 aliphatic rings. The molecule has 0 unspecified atom stereocenters. The topological polar surface area (TPSA) is 18.5 Å². The Balaban J connectivity index is 2.37. The first kappa shape index (κ1) is 7.58. The highest BCUT2D eigenvalue weighted by Gasteiger charge is 2.11. The van der Waals surface area contributed by atoms with Crippen LogP contribution in [0.2, 0.25) is 0 Å². The van der Waals surface area contributed by atoms with E-state index >= 15 is 0 Å². The van der Waals surface area contributed by atoms with Crippen LogP contribution in [0, 0.1) is 24.2 Å². The van der Waals surface area contributed by atoms with Crippen molar-refractivity contribution in [1.29, 1.82) is 0 Å². The van der Waals surface area contributed by atoms with E-state index in [1.807, 2.05) is 18.2 Å². The summed E-state index contributed by atoms with van der Waals surface area (Å²) >= 11 is 0. The van der Waals surface area contributed by atoms with Gasteiger partial charge < -0.3 is 9.47 Å². The van der Waals surface area contributed by atoms with Gasteiger partial charge in [0.1, 0.15) is 0 Å². The molecule has 2 heteroatoms. The lowest BCUT2D eigenvalue weighted by Gasteiger charge is -1.94. The minimum absolute atomic E-state index is 0.279. The normalized spacial score (nSPS) is 11.3. The van der Waals surface area contributed by atoms with Gasteiger partial charge in [0.2, 0.25) is 6.79 Å². The molecule has 0 N–H and O–H groups in total. The van der Waals surface area contributed by atoms with Gasteiger partial charge in [-0.15, -0.1) is 6.42 Å². The Morgan fingerprint density at radius 3 is 2.92 bits per heavy atom. The van der Waals surface area contributed by atoms with Crippen molar-refractivity contribution in [2.45, 2.75) is 0 Å². The summed E-state index contributed by atoms with van der Waals surface area (Å²) in [6.45, 7) is 0.279. The van der Waals surface area contributed by atoms with Crippen LogP contribution in [-0.2, 0) is 0 Å². The Bertz CT molecular complexity index is 430. The molecule has 0 saturated heterocycles. The first-order valence-corrected chi connectivity index (χ1v) is 3.76. The highest BCUT2D eigenvalue weighted by atomic mass is 16.7. The first-order chi connectivity index (χ1) is 6.40. The average molecular weight is 170 g/mol. The number of ether oxygens (including phenoxy) is 2. The van der Waals surface area contributed by atoms with Crippen molar-refractivity contribution in [3.05, 3.63) is 23.8 Å². The van der Waals surface area contributed by atoms with E-state index in [-0.39, 0.29) is 6.79 Å². The molecule has 0 aromatic heterocycles. The summed E-state index contributed by atoms with van der Waals surface area (Å²) in [6.07, 6.45) is 5.01. The molecule has 0 spiro atoms. The van der Waals surface area contributed by atoms with E-state index in [1.54, 1.807) is 0 Å². The van der Waals surface area contributed by atoms with Crippen LogP contribution >= 0.6 is 0 Å². The molecule has 1 heterocycles. The van der Waals surface area contributed by atoms with Crippen molar-refractivity contribution in [3.63, 3.8) is 0 Å². The number of benzene rings is 1. The molecule has 0 bridgehead atoms. The summed E-state index contributed by atoms with van der Waals surface area (Å²) in [5, 5.41) is 0. The largest absolute Gasteiger partial charge is 0.454 e. The number of hydrogen-bond donors (Lipinski definition) is 0. The molecule has 13 heavy (non-hydrogen) atoms. The minimum atomic E-state index is 0.279. The fourth-order valence-electron chi connectivity index (χ4n) is 1.08. The third-order valence-corrected chi connectivity index (χ3v) is 1.65. The van der Waals surface area contributed by atoms with Crippen LogP contribution in [0.5, 0.6) is 11.5 Å². The maximum absolute atomic E-state index is 5.18. The Labute approximate surface area is 76.5 Å². The second-order valence-electron chi connectivity index (χ2n) is 2.46. The Hall–Kier alpha value is -2.06. The highest BCUT2D eigenvalue weighted by molar-refractivity contribution is 5.50. The zero-order valence-electron chi connectivity index (χ0n) is 6.83. The van der Waals surface area contributed by atoms with Gasteiger partial charge in [-0.05, 0) is 30.0 Å². The van der Waals surface area contributed by atoms with Crippen molar-refractivity contribution in [3.8, 4) is 35.7 Å². The van der Waals surface area contributed by atoms with Crippen molar-refractivity contribution in [2.24, 2.45) is 0 Å². The molecule has 0 aliphatic carbocycles. The average Bonchev–Trinajstić information content (AvgIpc) is 2.61. The van der Waals surface area contributed by atoms with Gasteiger partial charge in [-0.25, -0.2) is 0 Å². The maximum atomic E-state index is 5.18. The summed E-state index contributed by atoms with van der Waals surface area (Å²) in [6, 6.07) is 5.48. The molecule has 2 nitrogen and oxygen atoms in total. The monoisotopic (exact) mass is 170 g/mol. The predicted molar refractivity (Wildman–Crippen MR) is 48.3 cm³/mol. The molecule has 1 aromatic carbocycles. The number of fused-ring (bicyclic) bond motifs is 1.